The molecule has 1 aromatic rings. The first-order valence-corrected chi connectivity index (χ1v) is 8.10. The Hall–Kier alpha value is -1.10. The molecule has 2 rings (SSSR count). The second-order valence-corrected chi connectivity index (χ2v) is 5.98. The van der Waals surface area contributed by atoms with E-state index in [1.54, 1.807) is 0 Å². The Kier molecular flexibility index (Phi) is 5.62. The maximum Gasteiger partial charge on any atom is 0.124 e. The first-order valence-electron chi connectivity index (χ1n) is 8.10. The average molecular weight is 291 g/mol. The summed E-state index contributed by atoms with van der Waals surface area (Å²) >= 11 is 0. The number of likely N-dealkylation sites (tertiary alicyclic amines) is 1. The van der Waals surface area contributed by atoms with Gasteiger partial charge in [-0.1, -0.05) is 25.1 Å². The number of nitrogens with zero attached hydrogens (tertiary/aromatic N) is 1. The number of hydrogen-bond acceptors (Lipinski definition) is 4. The highest BCUT2D eigenvalue weighted by atomic mass is 16.5. The van der Waals surface area contributed by atoms with Crippen molar-refractivity contribution in [2.24, 2.45) is 5.84 Å². The minimum absolute atomic E-state index is 0.00153. The SMILES string of the molecule is CCOc1ccccc1C(NN)C(C)(CC)N1CCCC1. The van der Waals surface area contributed by atoms with Crippen LogP contribution in [0.25, 0.3) is 0 Å². The van der Waals surface area contributed by atoms with Gasteiger partial charge in [0, 0.05) is 11.1 Å². The monoisotopic (exact) mass is 291 g/mol. The van der Waals surface area contributed by atoms with Crippen molar-refractivity contribution in [3.05, 3.63) is 29.8 Å². The summed E-state index contributed by atoms with van der Waals surface area (Å²) in [6, 6.07) is 8.29. The first-order chi connectivity index (χ1) is 10.2. The van der Waals surface area contributed by atoms with Gasteiger partial charge < -0.3 is 4.74 Å². The zero-order chi connectivity index (χ0) is 15.3. The molecule has 1 aromatic carbocycles. The minimum atomic E-state index is -0.00153. The maximum absolute atomic E-state index is 5.97. The van der Waals surface area contributed by atoms with E-state index in [0.717, 1.165) is 30.8 Å². The molecule has 0 radical (unpaired) electrons. The predicted molar refractivity (Wildman–Crippen MR) is 87.2 cm³/mol. The van der Waals surface area contributed by atoms with Crippen molar-refractivity contribution in [2.75, 3.05) is 19.7 Å². The molecule has 118 valence electrons. The van der Waals surface area contributed by atoms with Crippen LogP contribution in [0.2, 0.25) is 0 Å². The Bertz CT molecular complexity index is 445. The van der Waals surface area contributed by atoms with E-state index in [-0.39, 0.29) is 11.6 Å². The van der Waals surface area contributed by atoms with E-state index in [1.807, 2.05) is 19.1 Å². The highest BCUT2D eigenvalue weighted by Gasteiger charge is 2.40. The number of rotatable bonds is 7. The summed E-state index contributed by atoms with van der Waals surface area (Å²) in [5.41, 5.74) is 4.21. The highest BCUT2D eigenvalue weighted by molar-refractivity contribution is 5.38. The van der Waals surface area contributed by atoms with Crippen molar-refractivity contribution in [3.63, 3.8) is 0 Å². The minimum Gasteiger partial charge on any atom is -0.494 e. The molecule has 0 spiro atoms. The molecule has 1 heterocycles. The Morgan fingerprint density at radius 1 is 1.29 bits per heavy atom. The van der Waals surface area contributed by atoms with Gasteiger partial charge >= 0.3 is 0 Å². The van der Waals surface area contributed by atoms with Gasteiger partial charge in [0.15, 0.2) is 0 Å². The van der Waals surface area contributed by atoms with Crippen LogP contribution < -0.4 is 16.0 Å². The van der Waals surface area contributed by atoms with E-state index in [1.165, 1.54) is 12.8 Å². The third kappa shape index (κ3) is 3.23. The summed E-state index contributed by atoms with van der Waals surface area (Å²) in [4.78, 5) is 2.57. The molecule has 0 saturated carbocycles. The number of nitrogens with one attached hydrogen (secondary N) is 1. The third-order valence-corrected chi connectivity index (χ3v) is 4.86. The molecule has 0 aromatic heterocycles. The summed E-state index contributed by atoms with van der Waals surface area (Å²) in [7, 11) is 0. The highest BCUT2D eigenvalue weighted by Crippen LogP contribution is 2.39. The molecule has 21 heavy (non-hydrogen) atoms. The standard InChI is InChI=1S/C17H29N3O/c1-4-17(3,20-12-8-9-13-20)16(19-18)14-10-6-7-11-15(14)21-5-2/h6-7,10-11,16,19H,4-5,8-9,12-13,18H2,1-3H3. The largest absolute Gasteiger partial charge is 0.494 e. The lowest BCUT2D eigenvalue weighted by atomic mass is 9.83. The smallest absolute Gasteiger partial charge is 0.124 e. The van der Waals surface area contributed by atoms with Crippen LogP contribution in [0.4, 0.5) is 0 Å². The molecule has 1 fully saturated rings. The van der Waals surface area contributed by atoms with E-state index in [2.05, 4.69) is 36.3 Å². The predicted octanol–water partition coefficient (Wildman–Crippen LogP) is 2.85. The van der Waals surface area contributed by atoms with Crippen LogP contribution in [0.1, 0.15) is 51.6 Å². The molecule has 2 unspecified atom stereocenters. The van der Waals surface area contributed by atoms with Gasteiger partial charge in [-0.15, -0.1) is 0 Å². The third-order valence-electron chi connectivity index (χ3n) is 4.86. The summed E-state index contributed by atoms with van der Waals surface area (Å²) in [6.07, 6.45) is 3.60. The molecule has 1 aliphatic heterocycles. The van der Waals surface area contributed by atoms with Gasteiger partial charge in [-0.25, -0.2) is 0 Å². The average Bonchev–Trinajstić information content (AvgIpc) is 3.04. The zero-order valence-corrected chi connectivity index (χ0v) is 13.6. The van der Waals surface area contributed by atoms with Crippen molar-refractivity contribution in [1.29, 1.82) is 0 Å². The van der Waals surface area contributed by atoms with Gasteiger partial charge in [0.1, 0.15) is 5.75 Å². The van der Waals surface area contributed by atoms with Gasteiger partial charge in [0.05, 0.1) is 12.6 Å². The molecule has 3 N–H and O–H groups in total. The normalized spacial score (nSPS) is 20.2. The number of hydrazine groups is 1. The molecule has 4 nitrogen and oxygen atoms in total. The fourth-order valence-corrected chi connectivity index (χ4v) is 3.45. The van der Waals surface area contributed by atoms with Crippen molar-refractivity contribution < 1.29 is 4.74 Å². The lowest BCUT2D eigenvalue weighted by Gasteiger charge is -2.44. The summed E-state index contributed by atoms with van der Waals surface area (Å²) < 4.78 is 5.81. The van der Waals surface area contributed by atoms with E-state index in [4.69, 9.17) is 10.6 Å². The Balaban J connectivity index is 2.37. The van der Waals surface area contributed by atoms with Crippen LogP contribution in [0.15, 0.2) is 24.3 Å². The molecule has 2 atom stereocenters. The van der Waals surface area contributed by atoms with Gasteiger partial charge in [-0.05, 0) is 52.3 Å². The van der Waals surface area contributed by atoms with Crippen molar-refractivity contribution >= 4 is 0 Å². The van der Waals surface area contributed by atoms with Crippen LogP contribution in [-0.2, 0) is 0 Å². The van der Waals surface area contributed by atoms with Gasteiger partial charge in [0.25, 0.3) is 0 Å². The number of benzene rings is 1. The van der Waals surface area contributed by atoms with Crippen LogP contribution in [-0.4, -0.2) is 30.1 Å². The summed E-state index contributed by atoms with van der Waals surface area (Å²) in [6.45, 7) is 9.54. The lowest BCUT2D eigenvalue weighted by Crippen LogP contribution is -2.54. The van der Waals surface area contributed by atoms with E-state index in [9.17, 15) is 0 Å². The van der Waals surface area contributed by atoms with Crippen molar-refractivity contribution in [1.82, 2.24) is 10.3 Å². The number of hydrogen-bond donors (Lipinski definition) is 2. The summed E-state index contributed by atoms with van der Waals surface area (Å²) in [5.74, 6) is 6.90. The molecule has 1 saturated heterocycles. The van der Waals surface area contributed by atoms with Crippen LogP contribution in [0, 0.1) is 0 Å². The summed E-state index contributed by atoms with van der Waals surface area (Å²) in [5, 5.41) is 0. The number of nitrogens with two attached hydrogens (primary N) is 1. The van der Waals surface area contributed by atoms with E-state index >= 15 is 0 Å². The molecule has 1 aliphatic rings. The molecule has 0 amide bonds. The topological polar surface area (TPSA) is 50.5 Å². The van der Waals surface area contributed by atoms with Crippen LogP contribution in [0.3, 0.4) is 0 Å². The van der Waals surface area contributed by atoms with Crippen LogP contribution in [0.5, 0.6) is 5.75 Å². The van der Waals surface area contributed by atoms with Crippen molar-refractivity contribution in [2.45, 2.75) is 51.6 Å². The quantitative estimate of drug-likeness (QED) is 0.599. The maximum atomic E-state index is 5.97. The van der Waals surface area contributed by atoms with E-state index in [0.29, 0.717) is 6.61 Å². The second kappa shape index (κ2) is 7.25. The van der Waals surface area contributed by atoms with Gasteiger partial charge in [-0.3, -0.25) is 16.2 Å². The fourth-order valence-electron chi connectivity index (χ4n) is 3.45. The van der Waals surface area contributed by atoms with Crippen molar-refractivity contribution in [3.8, 4) is 5.75 Å². The number of ether oxygens (including phenoxy) is 1. The Labute approximate surface area is 128 Å². The second-order valence-electron chi connectivity index (χ2n) is 5.98. The Morgan fingerprint density at radius 2 is 1.95 bits per heavy atom. The Morgan fingerprint density at radius 3 is 2.52 bits per heavy atom. The zero-order valence-electron chi connectivity index (χ0n) is 13.6. The van der Waals surface area contributed by atoms with Gasteiger partial charge in [0.2, 0.25) is 0 Å². The number of para-hydroxylation sites is 1. The molecule has 0 aliphatic carbocycles. The lowest BCUT2D eigenvalue weighted by molar-refractivity contribution is 0.0826. The van der Waals surface area contributed by atoms with Crippen LogP contribution >= 0.6 is 0 Å². The first kappa shape index (κ1) is 16.3. The molecular weight excluding hydrogens is 262 g/mol. The fraction of sp³-hybridized carbons (Fsp3) is 0.647. The van der Waals surface area contributed by atoms with Gasteiger partial charge in [-0.2, -0.15) is 0 Å². The molecule has 4 heteroatoms. The molecular formula is C17H29N3O. The van der Waals surface area contributed by atoms with E-state index < -0.39 is 0 Å². The molecule has 0 bridgehead atoms.